The van der Waals surface area contributed by atoms with Gasteiger partial charge < -0.3 is 19.3 Å². The smallest absolute Gasteiger partial charge is 0.336 e. The first-order chi connectivity index (χ1) is 13.3. The van der Waals surface area contributed by atoms with Gasteiger partial charge in [0.2, 0.25) is 5.91 Å². The molecule has 1 atom stereocenters. The maximum atomic E-state index is 13.2. The first-order valence-electron chi connectivity index (χ1n) is 10.2. The molecule has 1 spiro atoms. The minimum atomic E-state index is -0.559. The first-order valence-corrected chi connectivity index (χ1v) is 10.2. The van der Waals surface area contributed by atoms with Crippen molar-refractivity contribution in [2.75, 3.05) is 26.2 Å². The number of carbonyl (C=O) groups is 2. The van der Waals surface area contributed by atoms with E-state index in [0.717, 1.165) is 6.54 Å². The van der Waals surface area contributed by atoms with Crippen LogP contribution in [0.1, 0.15) is 53.8 Å². The van der Waals surface area contributed by atoms with Crippen LogP contribution in [0.3, 0.4) is 0 Å². The molecule has 4 rings (SSSR count). The molecular weight excluding hydrogens is 360 g/mol. The van der Waals surface area contributed by atoms with E-state index < -0.39 is 17.1 Å². The molecule has 1 aromatic heterocycles. The Balaban J connectivity index is 1.48. The summed E-state index contributed by atoms with van der Waals surface area (Å²) in [5.74, 6) is 0.906. The van der Waals surface area contributed by atoms with Gasteiger partial charge in [0.25, 0.3) is 5.91 Å². The number of nitrogens with zero attached hydrogens (tertiary/aromatic N) is 2. The number of aliphatic hydroxyl groups excluding tert-OH is 1. The fourth-order valence-electron chi connectivity index (χ4n) is 4.84. The summed E-state index contributed by atoms with van der Waals surface area (Å²) >= 11 is 0. The molecule has 1 N–H and O–H groups in total. The van der Waals surface area contributed by atoms with Crippen molar-refractivity contribution in [3.05, 3.63) is 33.4 Å². The zero-order chi connectivity index (χ0) is 20.1. The molecular formula is C21H28N2O5. The average Bonchev–Trinajstić information content (AvgIpc) is 3.43. The molecule has 1 aromatic rings. The van der Waals surface area contributed by atoms with E-state index in [1.54, 1.807) is 18.7 Å². The van der Waals surface area contributed by atoms with Crippen LogP contribution in [-0.4, -0.2) is 59.0 Å². The van der Waals surface area contributed by atoms with Gasteiger partial charge >= 0.3 is 5.63 Å². The fourth-order valence-corrected chi connectivity index (χ4v) is 4.84. The molecule has 1 aliphatic carbocycles. The van der Waals surface area contributed by atoms with Crippen molar-refractivity contribution in [2.24, 2.45) is 11.3 Å². The third-order valence-corrected chi connectivity index (χ3v) is 6.53. The highest BCUT2D eigenvalue weighted by Gasteiger charge is 2.49. The van der Waals surface area contributed by atoms with E-state index in [2.05, 4.69) is 0 Å². The number of amides is 2. The van der Waals surface area contributed by atoms with Gasteiger partial charge in [-0.05, 0) is 57.4 Å². The second-order valence-electron chi connectivity index (χ2n) is 8.76. The molecule has 2 saturated heterocycles. The molecule has 0 bridgehead atoms. The largest absolute Gasteiger partial charge is 0.427 e. The Morgan fingerprint density at radius 2 is 1.93 bits per heavy atom. The second kappa shape index (κ2) is 7.03. The van der Waals surface area contributed by atoms with Crippen LogP contribution >= 0.6 is 0 Å². The lowest BCUT2D eigenvalue weighted by Gasteiger charge is -2.48. The van der Waals surface area contributed by atoms with E-state index in [0.29, 0.717) is 61.7 Å². The van der Waals surface area contributed by atoms with Crippen LogP contribution in [0.2, 0.25) is 0 Å². The Labute approximate surface area is 164 Å². The Morgan fingerprint density at radius 3 is 2.54 bits per heavy atom. The van der Waals surface area contributed by atoms with Gasteiger partial charge in [-0.1, -0.05) is 0 Å². The summed E-state index contributed by atoms with van der Waals surface area (Å²) in [4.78, 5) is 41.2. The van der Waals surface area contributed by atoms with Gasteiger partial charge in [0.1, 0.15) is 5.76 Å². The van der Waals surface area contributed by atoms with E-state index in [1.165, 1.54) is 18.9 Å². The highest BCUT2D eigenvalue weighted by molar-refractivity contribution is 5.96. The van der Waals surface area contributed by atoms with Crippen LogP contribution in [0.4, 0.5) is 0 Å². The van der Waals surface area contributed by atoms with Crippen molar-refractivity contribution in [3.63, 3.8) is 0 Å². The molecule has 1 unspecified atom stereocenters. The molecule has 28 heavy (non-hydrogen) atoms. The van der Waals surface area contributed by atoms with Crippen LogP contribution in [-0.2, 0) is 4.79 Å². The van der Waals surface area contributed by atoms with Crippen molar-refractivity contribution in [3.8, 4) is 0 Å². The maximum Gasteiger partial charge on any atom is 0.336 e. The Bertz CT molecular complexity index is 821. The number of rotatable bonds is 3. The average molecular weight is 388 g/mol. The van der Waals surface area contributed by atoms with Gasteiger partial charge in [-0.15, -0.1) is 0 Å². The first kappa shape index (κ1) is 19.2. The molecule has 0 radical (unpaired) electrons. The number of aliphatic hydroxyl groups is 1. The van der Waals surface area contributed by atoms with Gasteiger partial charge in [0.15, 0.2) is 0 Å². The lowest BCUT2D eigenvalue weighted by atomic mass is 9.70. The third kappa shape index (κ3) is 3.48. The number of carbonyl (C=O) groups excluding carboxylic acids is 2. The van der Waals surface area contributed by atoms with E-state index >= 15 is 0 Å². The van der Waals surface area contributed by atoms with Crippen molar-refractivity contribution >= 4 is 11.8 Å². The minimum absolute atomic E-state index is 0.148. The Hall–Kier alpha value is -2.15. The lowest BCUT2D eigenvalue weighted by Crippen LogP contribution is -2.58. The zero-order valence-corrected chi connectivity index (χ0v) is 16.6. The van der Waals surface area contributed by atoms with Crippen molar-refractivity contribution in [1.82, 2.24) is 9.80 Å². The molecule has 1 saturated carbocycles. The normalized spacial score (nSPS) is 24.7. The molecule has 2 amide bonds. The number of piperidine rings is 2. The number of hydrogen-bond donors (Lipinski definition) is 1. The zero-order valence-electron chi connectivity index (χ0n) is 16.6. The molecule has 7 nitrogen and oxygen atoms in total. The van der Waals surface area contributed by atoms with Crippen molar-refractivity contribution < 1.29 is 19.1 Å². The van der Waals surface area contributed by atoms with E-state index in [-0.39, 0.29) is 11.8 Å². The van der Waals surface area contributed by atoms with E-state index in [1.807, 2.05) is 4.90 Å². The second-order valence-corrected chi connectivity index (χ2v) is 8.76. The molecule has 152 valence electrons. The maximum absolute atomic E-state index is 13.2. The van der Waals surface area contributed by atoms with Crippen molar-refractivity contribution in [1.29, 1.82) is 0 Å². The summed E-state index contributed by atoms with van der Waals surface area (Å²) < 4.78 is 5.10. The van der Waals surface area contributed by atoms with Crippen molar-refractivity contribution in [2.45, 2.75) is 52.1 Å². The van der Waals surface area contributed by atoms with Crippen LogP contribution in [0.15, 0.2) is 15.3 Å². The highest BCUT2D eigenvalue weighted by atomic mass is 16.4. The Morgan fingerprint density at radius 1 is 1.25 bits per heavy atom. The number of β-amino-alcohol motifs (C(OH)–C–C–N with tert-alkyl or cyclic N) is 1. The fraction of sp³-hybridized carbons (Fsp3) is 0.667. The summed E-state index contributed by atoms with van der Waals surface area (Å²) in [6, 6.07) is 1.34. The lowest BCUT2D eigenvalue weighted by molar-refractivity contribution is -0.156. The van der Waals surface area contributed by atoms with Crippen LogP contribution < -0.4 is 5.63 Å². The van der Waals surface area contributed by atoms with Crippen LogP contribution in [0.25, 0.3) is 0 Å². The SMILES string of the molecule is Cc1cc(=O)oc(C)c1C(=O)N1CCC2(CC1)CC(O)CN(CC1CC1)C2=O. The number of hydrogen-bond acceptors (Lipinski definition) is 5. The molecule has 2 aliphatic heterocycles. The van der Waals surface area contributed by atoms with Gasteiger partial charge in [-0.3, -0.25) is 9.59 Å². The quantitative estimate of drug-likeness (QED) is 0.847. The van der Waals surface area contributed by atoms with Crippen LogP contribution in [0, 0.1) is 25.2 Å². The third-order valence-electron chi connectivity index (χ3n) is 6.53. The highest BCUT2D eigenvalue weighted by Crippen LogP contribution is 2.42. The summed E-state index contributed by atoms with van der Waals surface area (Å²) in [6.07, 6.45) is 3.44. The van der Waals surface area contributed by atoms with Crippen LogP contribution in [0.5, 0.6) is 0 Å². The predicted octanol–water partition coefficient (Wildman–Crippen LogP) is 1.48. The number of likely N-dealkylation sites (tertiary alicyclic amines) is 2. The van der Waals surface area contributed by atoms with Gasteiger partial charge in [0, 0.05) is 32.2 Å². The van der Waals surface area contributed by atoms with E-state index in [9.17, 15) is 19.5 Å². The summed E-state index contributed by atoms with van der Waals surface area (Å²) in [7, 11) is 0. The summed E-state index contributed by atoms with van der Waals surface area (Å²) in [6.45, 7) is 5.48. The molecule has 7 heteroatoms. The molecule has 3 heterocycles. The topological polar surface area (TPSA) is 91.1 Å². The molecule has 3 aliphatic rings. The number of aryl methyl sites for hydroxylation is 2. The summed E-state index contributed by atoms with van der Waals surface area (Å²) in [5.41, 5.74) is 0.0258. The van der Waals surface area contributed by atoms with Gasteiger partial charge in [0.05, 0.1) is 17.1 Å². The Kier molecular flexibility index (Phi) is 4.81. The van der Waals surface area contributed by atoms with E-state index in [4.69, 9.17) is 4.42 Å². The van der Waals surface area contributed by atoms with Gasteiger partial charge in [-0.25, -0.2) is 4.79 Å². The molecule has 0 aromatic carbocycles. The molecule has 3 fully saturated rings. The predicted molar refractivity (Wildman–Crippen MR) is 102 cm³/mol. The van der Waals surface area contributed by atoms with Gasteiger partial charge in [-0.2, -0.15) is 0 Å². The minimum Gasteiger partial charge on any atom is -0.427 e. The standard InChI is InChI=1S/C21H28N2O5/c1-13-9-17(25)28-14(2)18(13)19(26)22-7-5-21(6-8-22)10-16(24)12-23(20(21)27)11-15-3-4-15/h9,15-16,24H,3-8,10-12H2,1-2H3. The summed E-state index contributed by atoms with van der Waals surface area (Å²) in [5, 5.41) is 10.4. The monoisotopic (exact) mass is 388 g/mol.